The van der Waals surface area contributed by atoms with Crippen LogP contribution in [-0.2, 0) is 11.3 Å². The van der Waals surface area contributed by atoms with Crippen LogP contribution in [0.25, 0.3) is 0 Å². The van der Waals surface area contributed by atoms with Crippen LogP contribution in [0.4, 0.5) is 0 Å². The minimum atomic E-state index is 0.0262. The summed E-state index contributed by atoms with van der Waals surface area (Å²) in [5.41, 5.74) is 0. The van der Waals surface area contributed by atoms with E-state index in [9.17, 15) is 4.79 Å². The molecule has 0 unspecified atom stereocenters. The summed E-state index contributed by atoms with van der Waals surface area (Å²) in [6.45, 7) is 2.30. The van der Waals surface area contributed by atoms with Crippen molar-refractivity contribution in [3.8, 4) is 11.5 Å². The third kappa shape index (κ3) is 4.82. The number of nitrogens with zero attached hydrogens (tertiary/aromatic N) is 2. The van der Waals surface area contributed by atoms with Crippen LogP contribution < -0.4 is 14.8 Å². The van der Waals surface area contributed by atoms with Crippen molar-refractivity contribution in [2.45, 2.75) is 17.9 Å². The number of benzene rings is 1. The second-order valence-electron chi connectivity index (χ2n) is 5.18. The second-order valence-corrected chi connectivity index (χ2v) is 6.78. The van der Waals surface area contributed by atoms with Gasteiger partial charge in [-0.2, -0.15) is 5.10 Å². The molecule has 0 aliphatic carbocycles. The molecule has 24 heavy (non-hydrogen) atoms. The number of aromatic nitrogens is 2. The zero-order valence-electron chi connectivity index (χ0n) is 13.0. The molecule has 6 nitrogen and oxygen atoms in total. The van der Waals surface area contributed by atoms with Crippen LogP contribution in [0.15, 0.2) is 35.5 Å². The molecule has 0 bridgehead atoms. The van der Waals surface area contributed by atoms with E-state index in [0.717, 1.165) is 16.4 Å². The van der Waals surface area contributed by atoms with E-state index in [0.29, 0.717) is 43.5 Å². The van der Waals surface area contributed by atoms with Gasteiger partial charge in [0.1, 0.15) is 13.2 Å². The zero-order chi connectivity index (χ0) is 16.8. The van der Waals surface area contributed by atoms with Crippen molar-refractivity contribution >= 4 is 29.3 Å². The first-order valence-electron chi connectivity index (χ1n) is 7.68. The van der Waals surface area contributed by atoms with E-state index >= 15 is 0 Å². The lowest BCUT2D eigenvalue weighted by molar-refractivity contribution is -0.120. The maximum absolute atomic E-state index is 11.8. The summed E-state index contributed by atoms with van der Waals surface area (Å²) < 4.78 is 12.7. The number of thioether (sulfide) groups is 1. The number of hydrogen-bond acceptors (Lipinski definition) is 5. The van der Waals surface area contributed by atoms with Gasteiger partial charge in [-0.1, -0.05) is 11.6 Å². The number of nitrogens with one attached hydrogen (secondary N) is 1. The summed E-state index contributed by atoms with van der Waals surface area (Å²) in [5.74, 6) is 2.29. The molecule has 1 aromatic heterocycles. The molecule has 8 heteroatoms. The van der Waals surface area contributed by atoms with Crippen molar-refractivity contribution in [2.24, 2.45) is 0 Å². The summed E-state index contributed by atoms with van der Waals surface area (Å²) in [5, 5.41) is 7.53. The Kier molecular flexibility index (Phi) is 5.87. The Balaban J connectivity index is 1.36. The molecule has 1 aromatic carbocycles. The summed E-state index contributed by atoms with van der Waals surface area (Å²) in [6.07, 6.45) is 3.76. The van der Waals surface area contributed by atoms with Gasteiger partial charge in [-0.3, -0.25) is 9.48 Å². The summed E-state index contributed by atoms with van der Waals surface area (Å²) >= 11 is 7.41. The highest BCUT2D eigenvalue weighted by Crippen LogP contribution is 2.34. The first-order valence-corrected chi connectivity index (χ1v) is 9.04. The van der Waals surface area contributed by atoms with E-state index in [2.05, 4.69) is 10.4 Å². The van der Waals surface area contributed by atoms with Crippen molar-refractivity contribution in [3.63, 3.8) is 0 Å². The van der Waals surface area contributed by atoms with Crippen molar-refractivity contribution in [1.82, 2.24) is 15.1 Å². The van der Waals surface area contributed by atoms with Crippen molar-refractivity contribution in [3.05, 3.63) is 35.6 Å². The lowest BCUT2D eigenvalue weighted by Crippen LogP contribution is -2.27. The standard InChI is InChI=1S/C16H18ClN3O3S/c17-12-10-19-20(11-12)5-4-18-16(21)3-8-24-13-1-2-14-15(9-13)23-7-6-22-14/h1-2,9-11H,3-8H2,(H,18,21). The summed E-state index contributed by atoms with van der Waals surface area (Å²) in [4.78, 5) is 12.9. The van der Waals surface area contributed by atoms with E-state index in [1.54, 1.807) is 28.8 Å². The Labute approximate surface area is 149 Å². The number of ether oxygens (including phenoxy) is 2. The third-order valence-electron chi connectivity index (χ3n) is 3.38. The number of carbonyl (C=O) groups excluding carboxylic acids is 1. The topological polar surface area (TPSA) is 65.4 Å². The molecule has 0 saturated carbocycles. The van der Waals surface area contributed by atoms with E-state index in [4.69, 9.17) is 21.1 Å². The molecule has 0 fully saturated rings. The molecule has 2 heterocycles. The van der Waals surface area contributed by atoms with Crippen LogP contribution >= 0.6 is 23.4 Å². The maximum atomic E-state index is 11.8. The van der Waals surface area contributed by atoms with Gasteiger partial charge in [0.05, 0.1) is 17.8 Å². The van der Waals surface area contributed by atoms with Gasteiger partial charge >= 0.3 is 0 Å². The fourth-order valence-corrected chi connectivity index (χ4v) is 3.27. The Hall–Kier alpha value is -1.86. The minimum Gasteiger partial charge on any atom is -0.486 e. The average Bonchev–Trinajstić information content (AvgIpc) is 3.00. The highest BCUT2D eigenvalue weighted by molar-refractivity contribution is 7.99. The van der Waals surface area contributed by atoms with Crippen molar-refractivity contribution < 1.29 is 14.3 Å². The summed E-state index contributed by atoms with van der Waals surface area (Å²) in [6, 6.07) is 5.85. The van der Waals surface area contributed by atoms with Crippen molar-refractivity contribution in [1.29, 1.82) is 0 Å². The molecular formula is C16H18ClN3O3S. The predicted molar refractivity (Wildman–Crippen MR) is 93.0 cm³/mol. The predicted octanol–water partition coefficient (Wildman–Crippen LogP) is 2.61. The second kappa shape index (κ2) is 8.30. The molecule has 0 saturated heterocycles. The monoisotopic (exact) mass is 367 g/mol. The van der Waals surface area contributed by atoms with E-state index < -0.39 is 0 Å². The molecule has 2 aromatic rings. The Morgan fingerprint density at radius 1 is 1.33 bits per heavy atom. The third-order valence-corrected chi connectivity index (χ3v) is 4.57. The summed E-state index contributed by atoms with van der Waals surface area (Å²) in [7, 11) is 0. The molecular weight excluding hydrogens is 350 g/mol. The number of hydrogen-bond donors (Lipinski definition) is 1. The van der Waals surface area contributed by atoms with Gasteiger partial charge in [0, 0.05) is 29.8 Å². The van der Waals surface area contributed by atoms with Crippen LogP contribution in [0.2, 0.25) is 5.02 Å². The van der Waals surface area contributed by atoms with E-state index in [1.807, 2.05) is 18.2 Å². The first-order chi connectivity index (χ1) is 11.7. The van der Waals surface area contributed by atoms with Crippen molar-refractivity contribution in [2.75, 3.05) is 25.5 Å². The SMILES string of the molecule is O=C(CCSc1ccc2c(c1)OCCO2)NCCn1cc(Cl)cn1. The molecule has 1 aliphatic rings. The highest BCUT2D eigenvalue weighted by Gasteiger charge is 2.12. The lowest BCUT2D eigenvalue weighted by Gasteiger charge is -2.18. The molecule has 0 atom stereocenters. The number of halogens is 1. The largest absolute Gasteiger partial charge is 0.486 e. The maximum Gasteiger partial charge on any atom is 0.220 e. The normalized spacial score (nSPS) is 12.9. The number of amides is 1. The molecule has 1 amide bonds. The first kappa shape index (κ1) is 17.0. The van der Waals surface area contributed by atoms with Gasteiger partial charge < -0.3 is 14.8 Å². The van der Waals surface area contributed by atoms with Crippen LogP contribution in [-0.4, -0.2) is 41.2 Å². The number of carbonyl (C=O) groups is 1. The quantitative estimate of drug-likeness (QED) is 0.762. The van der Waals surface area contributed by atoms with E-state index in [-0.39, 0.29) is 5.91 Å². The molecule has 128 valence electrons. The van der Waals surface area contributed by atoms with Crippen LogP contribution in [0.1, 0.15) is 6.42 Å². The molecule has 3 rings (SSSR count). The van der Waals surface area contributed by atoms with Gasteiger partial charge in [0.15, 0.2) is 11.5 Å². The Morgan fingerprint density at radius 3 is 2.96 bits per heavy atom. The number of fused-ring (bicyclic) bond motifs is 1. The van der Waals surface area contributed by atoms with Gasteiger partial charge in [-0.15, -0.1) is 11.8 Å². The minimum absolute atomic E-state index is 0.0262. The molecule has 0 radical (unpaired) electrons. The lowest BCUT2D eigenvalue weighted by atomic mass is 10.3. The highest BCUT2D eigenvalue weighted by atomic mass is 35.5. The van der Waals surface area contributed by atoms with Crippen LogP contribution in [0.5, 0.6) is 11.5 Å². The number of rotatable bonds is 7. The smallest absolute Gasteiger partial charge is 0.220 e. The van der Waals surface area contributed by atoms with E-state index in [1.165, 1.54) is 0 Å². The van der Waals surface area contributed by atoms with Crippen LogP contribution in [0.3, 0.4) is 0 Å². The fraction of sp³-hybridized carbons (Fsp3) is 0.375. The molecule has 1 aliphatic heterocycles. The van der Waals surface area contributed by atoms with Gasteiger partial charge in [0.2, 0.25) is 5.91 Å². The fourth-order valence-electron chi connectivity index (χ4n) is 2.23. The zero-order valence-corrected chi connectivity index (χ0v) is 14.6. The van der Waals surface area contributed by atoms with Crippen LogP contribution in [0, 0.1) is 0 Å². The average molecular weight is 368 g/mol. The molecule has 1 N–H and O–H groups in total. The molecule has 0 spiro atoms. The van der Waals surface area contributed by atoms with Gasteiger partial charge in [0.25, 0.3) is 0 Å². The Morgan fingerprint density at radius 2 is 2.17 bits per heavy atom. The van der Waals surface area contributed by atoms with Gasteiger partial charge in [-0.05, 0) is 18.2 Å². The van der Waals surface area contributed by atoms with Gasteiger partial charge in [-0.25, -0.2) is 0 Å². The Bertz CT molecular complexity index is 708.